The van der Waals surface area contributed by atoms with Crippen molar-refractivity contribution in [3.05, 3.63) is 115 Å². The lowest BCUT2D eigenvalue weighted by Crippen LogP contribution is -2.42. The van der Waals surface area contributed by atoms with Gasteiger partial charge in [-0.1, -0.05) is 58.5 Å². The Morgan fingerprint density at radius 3 is 1.64 bits per heavy atom. The number of aromatic nitrogens is 8. The number of carboxylic acids is 1. The molecule has 0 radical (unpaired) electrons. The topological polar surface area (TPSA) is 203 Å². The number of carboxylic acid groups (broad SMARTS) is 1. The van der Waals surface area contributed by atoms with E-state index in [2.05, 4.69) is 51.0 Å². The molecule has 8 rings (SSSR count). The van der Waals surface area contributed by atoms with Crippen molar-refractivity contribution in [3.63, 3.8) is 0 Å². The van der Waals surface area contributed by atoms with Crippen molar-refractivity contribution in [3.8, 4) is 34.0 Å². The van der Waals surface area contributed by atoms with Gasteiger partial charge in [-0.25, -0.2) is 24.7 Å². The highest BCUT2D eigenvalue weighted by atomic mass is 35.5. The molecule has 4 aromatic carbocycles. The van der Waals surface area contributed by atoms with Gasteiger partial charge in [-0.05, 0) is 48.5 Å². The van der Waals surface area contributed by atoms with Gasteiger partial charge in [0.15, 0.2) is 0 Å². The fraction of sp³-hybridized carbons (Fsp3) is 0.132. The molecule has 15 nitrogen and oxygen atoms in total. The number of nitrogens with one attached hydrogen (secondary N) is 2. The number of hydrogen-bond acceptors (Lipinski definition) is 16. The highest BCUT2D eigenvalue weighted by molar-refractivity contribution is 7.18. The summed E-state index contributed by atoms with van der Waals surface area (Å²) in [5.74, 6) is -0.267. The molecular weight excluding hydrogens is 882 g/mol. The summed E-state index contributed by atoms with van der Waals surface area (Å²) < 4.78 is 13.3. The van der Waals surface area contributed by atoms with Crippen LogP contribution in [0.25, 0.3) is 42.9 Å². The van der Waals surface area contributed by atoms with Crippen LogP contribution < -0.4 is 20.1 Å². The zero-order valence-electron chi connectivity index (χ0n) is 29.9. The molecular formula is C38H26Cl4N10O5S2. The first kappa shape index (κ1) is 40.3. The number of fused-ring (bicyclic) bond motifs is 2. The van der Waals surface area contributed by atoms with Gasteiger partial charge in [-0.15, -0.1) is 32.9 Å². The van der Waals surface area contributed by atoms with Gasteiger partial charge in [0.25, 0.3) is 0 Å². The summed E-state index contributed by atoms with van der Waals surface area (Å²) in [5, 5.41) is 46.4. The van der Waals surface area contributed by atoms with Crippen LogP contribution >= 0.6 is 69.1 Å². The fourth-order valence-corrected chi connectivity index (χ4v) is 8.68. The van der Waals surface area contributed by atoms with Gasteiger partial charge in [-0.3, -0.25) is 0 Å². The van der Waals surface area contributed by atoms with Gasteiger partial charge in [0, 0.05) is 23.3 Å². The Morgan fingerprint density at radius 2 is 1.15 bits per heavy atom. The van der Waals surface area contributed by atoms with E-state index in [4.69, 9.17) is 55.9 Å². The first-order valence-electron chi connectivity index (χ1n) is 17.3. The molecule has 298 valence electrons. The molecule has 8 aromatic rings. The number of carbonyl (C=O) groups is 1. The summed E-state index contributed by atoms with van der Waals surface area (Å²) in [5.41, 5.74) is 3.24. The molecule has 0 fully saturated rings. The van der Waals surface area contributed by atoms with Gasteiger partial charge >= 0.3 is 5.97 Å². The Labute approximate surface area is 362 Å². The van der Waals surface area contributed by atoms with Gasteiger partial charge in [-0.2, -0.15) is 10.2 Å². The third-order valence-corrected chi connectivity index (χ3v) is 11.8. The molecule has 4 aromatic heterocycles. The van der Waals surface area contributed by atoms with Crippen molar-refractivity contribution >= 4 is 107 Å². The summed E-state index contributed by atoms with van der Waals surface area (Å²) in [6.45, 7) is 0.214. The van der Waals surface area contributed by atoms with Crippen LogP contribution in [0, 0.1) is 0 Å². The number of benzene rings is 4. The summed E-state index contributed by atoms with van der Waals surface area (Å²) in [6.07, 6.45) is -0.215. The Hall–Kier alpha value is -5.53. The van der Waals surface area contributed by atoms with E-state index >= 15 is 0 Å². The average Bonchev–Trinajstić information content (AvgIpc) is 3.83. The van der Waals surface area contributed by atoms with Crippen LogP contribution in [0.1, 0.15) is 10.0 Å². The first-order chi connectivity index (χ1) is 28.6. The molecule has 0 aliphatic heterocycles. The van der Waals surface area contributed by atoms with Crippen LogP contribution in [0.2, 0.25) is 20.1 Å². The zero-order chi connectivity index (χ0) is 41.0. The van der Waals surface area contributed by atoms with Crippen LogP contribution in [0.15, 0.2) is 85.2 Å². The standard InChI is InChI=1S/C38H26Cl4N10O5S2/c39-20-3-1-4-21(40)33(20)26-13-45-51-37(49-26)43-15-31-47-24-11-18(7-9-29(24)58-31)56-17-28(53)35(36(54)55)57-19-8-10-30-25(12-19)48-32(59-30)16-44-38-50-27(14-46-52-38)34-22(41)5-2-6-23(34)42/h1-14,28,35,53H,15-17H2,(H,54,55)(H,43,49,51)(H,44,50,52). The molecule has 0 saturated carbocycles. The lowest BCUT2D eigenvalue weighted by molar-refractivity contribution is -0.151. The number of hydrogen-bond donors (Lipinski definition) is 4. The second-order valence-electron chi connectivity index (χ2n) is 12.5. The maximum Gasteiger partial charge on any atom is 0.347 e. The number of halogens is 4. The molecule has 4 N–H and O–H groups in total. The average molecular weight is 909 g/mol. The number of ether oxygens (including phenoxy) is 2. The molecule has 0 aliphatic rings. The van der Waals surface area contributed by atoms with Crippen LogP contribution in [-0.4, -0.2) is 75.3 Å². The largest absolute Gasteiger partial charge is 0.491 e. The number of thiazole rings is 2. The summed E-state index contributed by atoms with van der Waals surface area (Å²) in [6, 6.07) is 20.6. The van der Waals surface area contributed by atoms with Crippen molar-refractivity contribution in [1.29, 1.82) is 0 Å². The quantitative estimate of drug-likeness (QED) is 0.0760. The van der Waals surface area contributed by atoms with Gasteiger partial charge < -0.3 is 30.3 Å². The number of anilines is 2. The van der Waals surface area contributed by atoms with Crippen LogP contribution in [-0.2, 0) is 17.9 Å². The van der Waals surface area contributed by atoms with Crippen molar-refractivity contribution < 1.29 is 24.5 Å². The van der Waals surface area contributed by atoms with Crippen LogP contribution in [0.3, 0.4) is 0 Å². The molecule has 0 aliphatic carbocycles. The summed E-state index contributed by atoms with van der Waals surface area (Å²) >= 11 is 28.2. The van der Waals surface area contributed by atoms with E-state index in [1.54, 1.807) is 66.7 Å². The maximum absolute atomic E-state index is 12.2. The Kier molecular flexibility index (Phi) is 12.1. The van der Waals surface area contributed by atoms with E-state index in [1.807, 2.05) is 6.07 Å². The minimum atomic E-state index is -1.64. The minimum Gasteiger partial charge on any atom is -0.491 e. The molecule has 21 heteroatoms. The SMILES string of the molecule is O=C(O)C(Oc1ccc2sc(CNc3nncc(-c4c(Cl)cccc4Cl)n3)nc2c1)C(O)COc1ccc2sc(CNc3nncc(-c4c(Cl)cccc4Cl)n3)nc2c1. The zero-order valence-corrected chi connectivity index (χ0v) is 34.5. The van der Waals surface area contributed by atoms with E-state index in [1.165, 1.54) is 35.1 Å². The molecule has 2 unspecified atom stereocenters. The molecule has 0 amide bonds. The predicted molar refractivity (Wildman–Crippen MR) is 228 cm³/mol. The third-order valence-electron chi connectivity index (χ3n) is 8.43. The fourth-order valence-electron chi connectivity index (χ4n) is 5.73. The molecule has 2 atom stereocenters. The Balaban J connectivity index is 0.868. The first-order valence-corrected chi connectivity index (χ1v) is 20.5. The van der Waals surface area contributed by atoms with E-state index in [9.17, 15) is 15.0 Å². The van der Waals surface area contributed by atoms with Crippen molar-refractivity contribution in [2.45, 2.75) is 25.3 Å². The maximum atomic E-state index is 12.2. The van der Waals surface area contributed by atoms with E-state index in [0.29, 0.717) is 70.9 Å². The lowest BCUT2D eigenvalue weighted by Gasteiger charge is -2.21. The monoisotopic (exact) mass is 906 g/mol. The second-order valence-corrected chi connectivity index (χ2v) is 16.3. The summed E-state index contributed by atoms with van der Waals surface area (Å²) in [7, 11) is 0. The van der Waals surface area contributed by atoms with Crippen molar-refractivity contribution in [2.75, 3.05) is 17.2 Å². The molecule has 4 heterocycles. The number of aliphatic hydroxyl groups excluding tert-OH is 1. The molecule has 59 heavy (non-hydrogen) atoms. The number of aliphatic hydroxyl groups is 1. The third kappa shape index (κ3) is 9.36. The van der Waals surface area contributed by atoms with Gasteiger partial charge in [0.05, 0.1) is 77.4 Å². The van der Waals surface area contributed by atoms with Gasteiger partial charge in [0.1, 0.15) is 34.2 Å². The highest BCUT2D eigenvalue weighted by Gasteiger charge is 2.30. The minimum absolute atomic E-state index is 0.205. The smallest absolute Gasteiger partial charge is 0.347 e. The predicted octanol–water partition coefficient (Wildman–Crippen LogP) is 8.72. The van der Waals surface area contributed by atoms with E-state index in [0.717, 1.165) is 14.4 Å². The Bertz CT molecular complexity index is 2790. The van der Waals surface area contributed by atoms with Crippen molar-refractivity contribution in [1.82, 2.24) is 40.3 Å². The Morgan fingerprint density at radius 1 is 0.678 bits per heavy atom. The van der Waals surface area contributed by atoms with Crippen LogP contribution in [0.5, 0.6) is 11.5 Å². The molecule has 0 bridgehead atoms. The normalized spacial score (nSPS) is 12.4. The molecule has 0 saturated heterocycles. The van der Waals surface area contributed by atoms with E-state index < -0.39 is 18.2 Å². The van der Waals surface area contributed by atoms with Crippen molar-refractivity contribution in [2.24, 2.45) is 0 Å². The van der Waals surface area contributed by atoms with E-state index in [-0.39, 0.29) is 30.8 Å². The highest BCUT2D eigenvalue weighted by Crippen LogP contribution is 2.35. The lowest BCUT2D eigenvalue weighted by atomic mass is 10.1. The number of aliphatic carboxylic acids is 1. The number of rotatable bonds is 15. The second kappa shape index (κ2) is 17.8. The number of nitrogens with zero attached hydrogens (tertiary/aromatic N) is 8. The molecule has 0 spiro atoms. The van der Waals surface area contributed by atoms with Crippen LogP contribution in [0.4, 0.5) is 11.9 Å². The van der Waals surface area contributed by atoms with Gasteiger partial charge in [0.2, 0.25) is 18.0 Å². The summed E-state index contributed by atoms with van der Waals surface area (Å²) in [4.78, 5) is 30.5.